The molecule has 0 spiro atoms. The average molecular weight is 670 g/mol. The maximum Gasteiger partial charge on any atom is 0.340 e. The van der Waals surface area contributed by atoms with E-state index in [0.29, 0.717) is 36.6 Å². The highest BCUT2D eigenvalue weighted by Gasteiger charge is 2.34. The number of guanidine groups is 1. The number of aryl methyl sites for hydroxylation is 1. The highest BCUT2D eigenvalue weighted by molar-refractivity contribution is 7.91. The number of sulfonamides is 1. The van der Waals surface area contributed by atoms with Crippen LogP contribution in [0, 0.1) is 12.3 Å². The molecule has 4 rings (SSSR count). The van der Waals surface area contributed by atoms with Crippen molar-refractivity contribution in [3.05, 3.63) is 72.3 Å². The Morgan fingerprint density at radius 3 is 2.23 bits per heavy atom. The highest BCUT2D eigenvalue weighted by Crippen LogP contribution is 2.32. The van der Waals surface area contributed by atoms with Gasteiger partial charge in [-0.3, -0.25) is 10.2 Å². The number of para-hydroxylation sites is 2. The fourth-order valence-corrected chi connectivity index (χ4v) is 7.65. The maximum absolute atomic E-state index is 13.7. The third-order valence-corrected chi connectivity index (χ3v) is 9.87. The number of benzene rings is 3. The van der Waals surface area contributed by atoms with Gasteiger partial charge >= 0.3 is 10.1 Å². The van der Waals surface area contributed by atoms with Gasteiger partial charge < -0.3 is 24.3 Å². The largest absolute Gasteiger partial charge is 0.495 e. The lowest BCUT2D eigenvalue weighted by atomic mass is 10.2. The van der Waals surface area contributed by atoms with Crippen molar-refractivity contribution in [1.82, 2.24) is 9.79 Å². The lowest BCUT2D eigenvalue weighted by Crippen LogP contribution is -2.49. The number of nitrogens with one attached hydrogen (secondary N) is 2. The summed E-state index contributed by atoms with van der Waals surface area (Å²) in [6, 6.07) is 17.5. The van der Waals surface area contributed by atoms with E-state index in [1.54, 1.807) is 20.1 Å². The number of nitrogens with zero attached hydrogens (tertiary/aromatic N) is 2. The van der Waals surface area contributed by atoms with E-state index in [9.17, 15) is 16.8 Å². The van der Waals surface area contributed by atoms with E-state index in [1.165, 1.54) is 40.7 Å². The van der Waals surface area contributed by atoms with Gasteiger partial charge in [-0.15, -0.1) is 12.4 Å². The standard InChI is InChI=1S/C28H35N5O8S2.ClH/c1-21-18-22(39-16-7-17-40-31-28(29)30)20-23(19-21)41-43(36,37)27-11-6-5-10-26(27)42(34,35)33-14-12-32(13-15-33)24-8-3-4-9-25(24)38-2;/h3-6,8-11,18-20H,7,12-17H2,1-2H3,(H4,29,30,31);1H. The van der Waals surface area contributed by atoms with Crippen molar-refractivity contribution in [2.45, 2.75) is 23.1 Å². The lowest BCUT2D eigenvalue weighted by Gasteiger charge is -2.36. The molecule has 4 N–H and O–H groups in total. The number of hydroxylamine groups is 1. The van der Waals surface area contributed by atoms with Crippen LogP contribution in [0.5, 0.6) is 17.2 Å². The van der Waals surface area contributed by atoms with Gasteiger partial charge in [0.25, 0.3) is 0 Å². The van der Waals surface area contributed by atoms with E-state index < -0.39 is 25.0 Å². The number of hydrogen-bond donors (Lipinski definition) is 3. The van der Waals surface area contributed by atoms with Crippen LogP contribution in [0.4, 0.5) is 5.69 Å². The third kappa shape index (κ3) is 8.66. The first-order valence-corrected chi connectivity index (χ1v) is 16.2. The fourth-order valence-electron chi connectivity index (χ4n) is 4.54. The Morgan fingerprint density at radius 1 is 0.909 bits per heavy atom. The molecule has 1 aliphatic heterocycles. The molecular formula is C28H36ClN5O8S2. The van der Waals surface area contributed by atoms with E-state index in [1.807, 2.05) is 29.2 Å². The van der Waals surface area contributed by atoms with Crippen molar-refractivity contribution in [1.29, 1.82) is 5.41 Å². The molecule has 3 aromatic rings. The fraction of sp³-hybridized carbons (Fsp3) is 0.321. The van der Waals surface area contributed by atoms with Gasteiger partial charge in [0.2, 0.25) is 16.0 Å². The average Bonchev–Trinajstić information content (AvgIpc) is 2.98. The molecule has 1 heterocycles. The normalized spacial score (nSPS) is 13.9. The minimum absolute atomic E-state index is 0. The summed E-state index contributed by atoms with van der Waals surface area (Å²) in [6.45, 7) is 3.32. The zero-order valence-corrected chi connectivity index (χ0v) is 26.7. The zero-order valence-electron chi connectivity index (χ0n) is 24.3. The Hall–Kier alpha value is -3.76. The van der Waals surface area contributed by atoms with Crippen LogP contribution >= 0.6 is 12.4 Å². The van der Waals surface area contributed by atoms with Crippen molar-refractivity contribution in [2.75, 3.05) is 51.4 Å². The van der Waals surface area contributed by atoms with E-state index in [0.717, 1.165) is 5.69 Å². The summed E-state index contributed by atoms with van der Waals surface area (Å²) in [5, 5.41) is 7.05. The first-order chi connectivity index (χ1) is 20.5. The molecule has 0 aliphatic carbocycles. The third-order valence-electron chi connectivity index (χ3n) is 6.47. The molecule has 0 amide bonds. The van der Waals surface area contributed by atoms with Crippen molar-refractivity contribution < 1.29 is 35.3 Å². The molecule has 0 saturated carbocycles. The second-order valence-corrected chi connectivity index (χ2v) is 13.0. The Labute approximate surface area is 263 Å². The first-order valence-electron chi connectivity index (χ1n) is 13.4. The summed E-state index contributed by atoms with van der Waals surface area (Å²) in [5.74, 6) is 0.706. The number of nitrogens with two attached hydrogens (primary N) is 1. The summed E-state index contributed by atoms with van der Waals surface area (Å²) in [7, 11) is -7.15. The van der Waals surface area contributed by atoms with Gasteiger partial charge in [-0.1, -0.05) is 24.3 Å². The van der Waals surface area contributed by atoms with Gasteiger partial charge in [-0.2, -0.15) is 12.7 Å². The molecule has 1 saturated heterocycles. The van der Waals surface area contributed by atoms with Crippen LogP contribution in [0.1, 0.15) is 12.0 Å². The minimum Gasteiger partial charge on any atom is -0.495 e. The summed E-state index contributed by atoms with van der Waals surface area (Å²) < 4.78 is 72.2. The molecule has 240 valence electrons. The SMILES string of the molecule is COc1ccccc1N1CCN(S(=O)(=O)c2ccccc2S(=O)(=O)Oc2cc(C)cc(OCCCONC(=N)N)c2)CC1.Cl. The van der Waals surface area contributed by atoms with Gasteiger partial charge in [0.05, 0.1) is 26.0 Å². The number of halogens is 1. The first kappa shape index (κ1) is 34.7. The Kier molecular flexibility index (Phi) is 12.1. The highest BCUT2D eigenvalue weighted by atomic mass is 35.5. The summed E-state index contributed by atoms with van der Waals surface area (Å²) in [4.78, 5) is 6.19. The molecule has 13 nitrogen and oxygen atoms in total. The molecule has 0 radical (unpaired) electrons. The quantitative estimate of drug-likeness (QED) is 0.0803. The molecule has 0 bridgehead atoms. The molecule has 3 aromatic carbocycles. The van der Waals surface area contributed by atoms with Gasteiger partial charge in [0.1, 0.15) is 27.0 Å². The van der Waals surface area contributed by atoms with E-state index in [4.69, 9.17) is 29.6 Å². The molecule has 44 heavy (non-hydrogen) atoms. The minimum atomic E-state index is -4.55. The molecule has 0 atom stereocenters. The van der Waals surface area contributed by atoms with E-state index >= 15 is 0 Å². The van der Waals surface area contributed by atoms with Gasteiger partial charge in [-0.05, 0) is 48.9 Å². The summed E-state index contributed by atoms with van der Waals surface area (Å²) >= 11 is 0. The number of piperazine rings is 1. The number of rotatable bonds is 13. The van der Waals surface area contributed by atoms with Crippen LogP contribution < -0.4 is 29.8 Å². The number of ether oxygens (including phenoxy) is 2. The monoisotopic (exact) mass is 669 g/mol. The number of hydrogen-bond acceptors (Lipinski definition) is 10. The maximum atomic E-state index is 13.7. The summed E-state index contributed by atoms with van der Waals surface area (Å²) in [5.41, 5.74) is 8.89. The molecule has 0 aromatic heterocycles. The topological polar surface area (TPSA) is 174 Å². The molecular weight excluding hydrogens is 634 g/mol. The van der Waals surface area contributed by atoms with E-state index in [-0.39, 0.29) is 55.3 Å². The van der Waals surface area contributed by atoms with Gasteiger partial charge in [-0.25, -0.2) is 13.9 Å². The van der Waals surface area contributed by atoms with Gasteiger partial charge in [0, 0.05) is 38.7 Å². The Balaban J connectivity index is 0.00000529. The Bertz CT molecular complexity index is 1650. The predicted octanol–water partition coefficient (Wildman–Crippen LogP) is 2.89. The molecule has 1 fully saturated rings. The van der Waals surface area contributed by atoms with Crippen molar-refractivity contribution in [3.8, 4) is 17.2 Å². The van der Waals surface area contributed by atoms with Crippen LogP contribution in [0.25, 0.3) is 0 Å². The van der Waals surface area contributed by atoms with Crippen LogP contribution in [-0.2, 0) is 25.0 Å². The lowest BCUT2D eigenvalue weighted by molar-refractivity contribution is 0.0733. The van der Waals surface area contributed by atoms with Gasteiger partial charge in [0.15, 0.2) is 0 Å². The smallest absolute Gasteiger partial charge is 0.340 e. The zero-order chi connectivity index (χ0) is 31.0. The van der Waals surface area contributed by atoms with Crippen LogP contribution in [0.15, 0.2) is 76.5 Å². The molecule has 16 heteroatoms. The number of anilines is 1. The van der Waals surface area contributed by atoms with E-state index in [2.05, 4.69) is 5.48 Å². The second-order valence-electron chi connectivity index (χ2n) is 9.60. The van der Waals surface area contributed by atoms with Crippen molar-refractivity contribution in [2.24, 2.45) is 5.73 Å². The second kappa shape index (κ2) is 15.3. The predicted molar refractivity (Wildman–Crippen MR) is 168 cm³/mol. The Morgan fingerprint density at radius 2 is 1.55 bits per heavy atom. The molecule has 1 aliphatic rings. The van der Waals surface area contributed by atoms with Crippen LogP contribution in [-0.4, -0.2) is 73.6 Å². The van der Waals surface area contributed by atoms with Crippen LogP contribution in [0.3, 0.4) is 0 Å². The van der Waals surface area contributed by atoms with Crippen LogP contribution in [0.2, 0.25) is 0 Å². The molecule has 0 unspecified atom stereocenters. The number of methoxy groups -OCH3 is 1. The van der Waals surface area contributed by atoms with Crippen molar-refractivity contribution >= 4 is 44.2 Å². The van der Waals surface area contributed by atoms with Crippen molar-refractivity contribution in [3.63, 3.8) is 0 Å². The summed E-state index contributed by atoms with van der Waals surface area (Å²) in [6.07, 6.45) is 0.459.